The maximum Gasteiger partial charge on any atom is 0.269 e. The summed E-state index contributed by atoms with van der Waals surface area (Å²) in [7, 11) is 0. The molecule has 0 unspecified atom stereocenters. The molecule has 0 saturated carbocycles. The molecule has 166 valence electrons. The Morgan fingerprint density at radius 3 is 2.79 bits per heavy atom. The zero-order chi connectivity index (χ0) is 22.9. The van der Waals surface area contributed by atoms with Gasteiger partial charge < -0.3 is 9.47 Å². The molecule has 0 fully saturated rings. The number of benzene rings is 3. The number of hydrogen-bond acceptors (Lipinski definition) is 6. The molecule has 7 nitrogen and oxygen atoms in total. The zero-order valence-corrected chi connectivity index (χ0v) is 19.1. The molecule has 5 rings (SSSR count). The average Bonchev–Trinajstić information content (AvgIpc) is 3.28. The number of nitro groups is 1. The highest BCUT2D eigenvalue weighted by atomic mass is 79.9. The summed E-state index contributed by atoms with van der Waals surface area (Å²) in [6.07, 6.45) is 1.82. The molecule has 8 heteroatoms. The predicted octanol–water partition coefficient (Wildman–Crippen LogP) is 6.16. The molecule has 33 heavy (non-hydrogen) atoms. The third-order valence-electron chi connectivity index (χ3n) is 5.67. The molecule has 0 amide bonds. The van der Waals surface area contributed by atoms with Crippen LogP contribution in [0.4, 0.5) is 5.69 Å². The van der Waals surface area contributed by atoms with Gasteiger partial charge in [-0.25, -0.2) is 5.01 Å². The molecular weight excluding hydrogens is 486 g/mol. The van der Waals surface area contributed by atoms with Crippen LogP contribution in [-0.4, -0.2) is 22.3 Å². The SMILES string of the molecule is C=CCOc1ccc(C2=NN3[C@H](C2)c2cc(Br)ccc2O[C@@H]3c2cccc([N+](=O)[O-])c2)cc1. The molecular formula is C25H20BrN3O4. The normalized spacial score (nSPS) is 18.6. The summed E-state index contributed by atoms with van der Waals surface area (Å²) in [5, 5.41) is 18.2. The highest BCUT2D eigenvalue weighted by Gasteiger charge is 2.41. The fourth-order valence-corrected chi connectivity index (χ4v) is 4.52. The summed E-state index contributed by atoms with van der Waals surface area (Å²) in [6, 6.07) is 20.2. The molecule has 0 bridgehead atoms. The van der Waals surface area contributed by atoms with Crippen LogP contribution in [0.3, 0.4) is 0 Å². The van der Waals surface area contributed by atoms with Crippen molar-refractivity contribution in [3.8, 4) is 11.5 Å². The van der Waals surface area contributed by atoms with Gasteiger partial charge in [0.25, 0.3) is 5.69 Å². The standard InChI is InChI=1S/C25H20BrN3O4/c1-2-12-32-20-9-6-16(7-10-20)22-15-23-21-14-18(26)8-11-24(21)33-25(28(23)27-22)17-4-3-5-19(13-17)29(30)31/h2-11,13-14,23,25H,1,12,15H2/t23-,25-/m1/s1. The van der Waals surface area contributed by atoms with Crippen LogP contribution in [0.1, 0.15) is 35.4 Å². The van der Waals surface area contributed by atoms with E-state index in [2.05, 4.69) is 22.5 Å². The second-order valence-electron chi connectivity index (χ2n) is 7.78. The Morgan fingerprint density at radius 2 is 2.03 bits per heavy atom. The number of nitrogens with zero attached hydrogens (tertiary/aromatic N) is 3. The third kappa shape index (κ3) is 4.09. The number of ether oxygens (including phenoxy) is 2. The lowest BCUT2D eigenvalue weighted by Gasteiger charge is -2.38. The van der Waals surface area contributed by atoms with Gasteiger partial charge in [0.05, 0.1) is 16.7 Å². The van der Waals surface area contributed by atoms with Crippen molar-refractivity contribution in [1.82, 2.24) is 5.01 Å². The minimum absolute atomic E-state index is 0.0211. The molecule has 2 aliphatic rings. The Morgan fingerprint density at radius 1 is 1.21 bits per heavy atom. The van der Waals surface area contributed by atoms with Crippen LogP contribution < -0.4 is 9.47 Å². The minimum atomic E-state index is -0.573. The molecule has 2 heterocycles. The van der Waals surface area contributed by atoms with E-state index in [0.29, 0.717) is 18.6 Å². The van der Waals surface area contributed by atoms with Gasteiger partial charge in [-0.3, -0.25) is 10.1 Å². The zero-order valence-electron chi connectivity index (χ0n) is 17.6. The first-order chi connectivity index (χ1) is 16.0. The van der Waals surface area contributed by atoms with E-state index in [1.54, 1.807) is 18.2 Å². The molecule has 0 aliphatic carbocycles. The fraction of sp³-hybridized carbons (Fsp3) is 0.160. The van der Waals surface area contributed by atoms with Crippen molar-refractivity contribution in [2.45, 2.75) is 18.7 Å². The smallest absolute Gasteiger partial charge is 0.269 e. The van der Waals surface area contributed by atoms with Crippen LogP contribution in [0.2, 0.25) is 0 Å². The first-order valence-corrected chi connectivity index (χ1v) is 11.2. The molecule has 2 atom stereocenters. The second kappa shape index (κ2) is 8.71. The first-order valence-electron chi connectivity index (χ1n) is 10.4. The van der Waals surface area contributed by atoms with Gasteiger partial charge >= 0.3 is 0 Å². The van der Waals surface area contributed by atoms with E-state index in [1.165, 1.54) is 6.07 Å². The summed E-state index contributed by atoms with van der Waals surface area (Å²) in [5.41, 5.74) is 3.64. The summed E-state index contributed by atoms with van der Waals surface area (Å²) in [6.45, 7) is 4.12. The van der Waals surface area contributed by atoms with Gasteiger partial charge in [0.2, 0.25) is 6.23 Å². The minimum Gasteiger partial charge on any atom is -0.490 e. The molecule has 0 radical (unpaired) electrons. The van der Waals surface area contributed by atoms with Gasteiger partial charge in [0.15, 0.2) is 0 Å². The first kappa shape index (κ1) is 21.2. The molecule has 0 aromatic heterocycles. The van der Waals surface area contributed by atoms with Gasteiger partial charge in [0.1, 0.15) is 18.1 Å². The molecule has 2 aliphatic heterocycles. The van der Waals surface area contributed by atoms with E-state index in [0.717, 1.165) is 32.8 Å². The van der Waals surface area contributed by atoms with Gasteiger partial charge in [-0.15, -0.1) is 0 Å². The van der Waals surface area contributed by atoms with Crippen molar-refractivity contribution >= 4 is 27.3 Å². The number of non-ortho nitro benzene ring substituents is 1. The van der Waals surface area contributed by atoms with E-state index in [-0.39, 0.29) is 11.7 Å². The van der Waals surface area contributed by atoms with E-state index >= 15 is 0 Å². The van der Waals surface area contributed by atoms with Crippen LogP contribution in [0.25, 0.3) is 0 Å². The predicted molar refractivity (Wildman–Crippen MR) is 128 cm³/mol. The number of nitro benzene ring substituents is 1. The Hall–Kier alpha value is -3.65. The van der Waals surface area contributed by atoms with E-state index in [9.17, 15) is 10.1 Å². The lowest BCUT2D eigenvalue weighted by molar-refractivity contribution is -0.385. The van der Waals surface area contributed by atoms with E-state index in [1.807, 2.05) is 53.5 Å². The summed E-state index contributed by atoms with van der Waals surface area (Å²) in [5.74, 6) is 1.52. The maximum absolute atomic E-state index is 11.3. The van der Waals surface area contributed by atoms with Crippen LogP contribution in [0.15, 0.2) is 89.0 Å². The Labute approximate surface area is 199 Å². The maximum atomic E-state index is 11.3. The average molecular weight is 506 g/mol. The van der Waals surface area contributed by atoms with Crippen molar-refractivity contribution in [2.75, 3.05) is 6.61 Å². The van der Waals surface area contributed by atoms with Crippen LogP contribution in [0, 0.1) is 10.1 Å². The van der Waals surface area contributed by atoms with Gasteiger partial charge in [0, 0.05) is 34.2 Å². The van der Waals surface area contributed by atoms with E-state index in [4.69, 9.17) is 14.6 Å². The van der Waals surface area contributed by atoms with Crippen molar-refractivity contribution in [3.63, 3.8) is 0 Å². The quantitative estimate of drug-likeness (QED) is 0.227. The molecule has 3 aromatic carbocycles. The highest BCUT2D eigenvalue weighted by molar-refractivity contribution is 9.10. The molecule has 0 spiro atoms. The summed E-state index contributed by atoms with van der Waals surface area (Å²) < 4.78 is 12.9. The van der Waals surface area contributed by atoms with Gasteiger partial charge in [-0.1, -0.05) is 40.7 Å². The molecule has 3 aromatic rings. The lowest BCUT2D eigenvalue weighted by Crippen LogP contribution is -2.33. The Balaban J connectivity index is 1.53. The van der Waals surface area contributed by atoms with Crippen molar-refractivity contribution in [1.29, 1.82) is 0 Å². The number of fused-ring (bicyclic) bond motifs is 3. The summed E-state index contributed by atoms with van der Waals surface area (Å²) >= 11 is 3.55. The summed E-state index contributed by atoms with van der Waals surface area (Å²) in [4.78, 5) is 10.9. The van der Waals surface area contributed by atoms with Gasteiger partial charge in [-0.2, -0.15) is 5.10 Å². The van der Waals surface area contributed by atoms with Crippen molar-refractivity contribution < 1.29 is 14.4 Å². The Kier molecular flexibility index (Phi) is 5.60. The number of hydrazone groups is 1. The van der Waals surface area contributed by atoms with Crippen LogP contribution in [0.5, 0.6) is 11.5 Å². The highest BCUT2D eigenvalue weighted by Crippen LogP contribution is 2.48. The number of halogens is 1. The number of hydrogen-bond donors (Lipinski definition) is 0. The van der Waals surface area contributed by atoms with Crippen LogP contribution in [-0.2, 0) is 0 Å². The molecule has 0 saturated heterocycles. The topological polar surface area (TPSA) is 77.2 Å². The Bertz CT molecular complexity index is 1260. The van der Waals surface area contributed by atoms with Crippen molar-refractivity contribution in [3.05, 3.63) is 111 Å². The monoisotopic (exact) mass is 505 g/mol. The fourth-order valence-electron chi connectivity index (χ4n) is 4.14. The largest absolute Gasteiger partial charge is 0.490 e. The second-order valence-corrected chi connectivity index (χ2v) is 8.69. The molecule has 0 N–H and O–H groups in total. The number of rotatable bonds is 6. The van der Waals surface area contributed by atoms with E-state index < -0.39 is 11.2 Å². The lowest BCUT2D eigenvalue weighted by atomic mass is 9.96. The van der Waals surface area contributed by atoms with Crippen LogP contribution >= 0.6 is 15.9 Å². The third-order valence-corrected chi connectivity index (χ3v) is 6.17. The van der Waals surface area contributed by atoms with Gasteiger partial charge in [-0.05, 0) is 48.0 Å². The van der Waals surface area contributed by atoms with Crippen molar-refractivity contribution in [2.24, 2.45) is 5.10 Å².